The third-order valence-electron chi connectivity index (χ3n) is 1.96. The van der Waals surface area contributed by atoms with Gasteiger partial charge in [0.25, 0.3) is 0 Å². The van der Waals surface area contributed by atoms with Crippen LogP contribution in [-0.4, -0.2) is 41.1 Å². The molecule has 0 spiro atoms. The van der Waals surface area contributed by atoms with E-state index >= 15 is 0 Å². The molecule has 0 aromatic rings. The summed E-state index contributed by atoms with van der Waals surface area (Å²) in [5.74, 6) is -0.465. The lowest BCUT2D eigenvalue weighted by Crippen LogP contribution is -2.27. The molecule has 0 heterocycles. The van der Waals surface area contributed by atoms with Gasteiger partial charge in [-0.3, -0.25) is 9.59 Å². The number of aliphatic carboxylic acids is 1. The molecule has 0 saturated heterocycles. The van der Waals surface area contributed by atoms with Crippen LogP contribution >= 0.6 is 11.8 Å². The minimum Gasteiger partial charge on any atom is -0.481 e. The van der Waals surface area contributed by atoms with E-state index in [0.29, 0.717) is 30.5 Å². The summed E-state index contributed by atoms with van der Waals surface area (Å²) in [5, 5.41) is 11.5. The van der Waals surface area contributed by atoms with Crippen molar-refractivity contribution in [3.8, 4) is 0 Å². The number of hydrogen-bond acceptors (Lipinski definition) is 4. The van der Waals surface area contributed by atoms with Crippen molar-refractivity contribution in [2.75, 3.05) is 18.8 Å². The van der Waals surface area contributed by atoms with E-state index in [9.17, 15) is 9.59 Å². The summed E-state index contributed by atoms with van der Waals surface area (Å²) in [6.45, 7) is 3.10. The van der Waals surface area contributed by atoms with Crippen molar-refractivity contribution in [2.45, 2.75) is 31.4 Å². The van der Waals surface area contributed by atoms with Crippen LogP contribution < -0.4 is 11.1 Å². The van der Waals surface area contributed by atoms with E-state index in [1.807, 2.05) is 6.92 Å². The van der Waals surface area contributed by atoms with Gasteiger partial charge in [-0.2, -0.15) is 0 Å². The Balaban J connectivity index is 3.41. The average Bonchev–Trinajstić information content (AvgIpc) is 2.22. The Hall–Kier alpha value is -0.750. The van der Waals surface area contributed by atoms with E-state index in [0.717, 1.165) is 6.42 Å². The monoisotopic (exact) mass is 248 g/mol. The van der Waals surface area contributed by atoms with Crippen molar-refractivity contribution in [1.82, 2.24) is 5.32 Å². The van der Waals surface area contributed by atoms with E-state index in [2.05, 4.69) is 5.32 Å². The fourth-order valence-corrected chi connectivity index (χ4v) is 1.90. The predicted octanol–water partition coefficient (Wildman–Crippen LogP) is 0.438. The van der Waals surface area contributed by atoms with E-state index in [4.69, 9.17) is 10.8 Å². The second-order valence-corrected chi connectivity index (χ2v) is 4.97. The number of nitrogens with two attached hydrogens (primary N) is 1. The quantitative estimate of drug-likeness (QED) is 0.515. The minimum absolute atomic E-state index is 0.0424. The summed E-state index contributed by atoms with van der Waals surface area (Å²) in [5.41, 5.74) is 5.39. The molecule has 0 bridgehead atoms. The van der Waals surface area contributed by atoms with E-state index < -0.39 is 5.97 Å². The van der Waals surface area contributed by atoms with Gasteiger partial charge in [0.05, 0.1) is 5.75 Å². The molecule has 4 N–H and O–H groups in total. The third kappa shape index (κ3) is 9.79. The maximum atomic E-state index is 11.3. The first kappa shape index (κ1) is 15.2. The zero-order valence-corrected chi connectivity index (χ0v) is 10.4. The molecule has 1 amide bonds. The van der Waals surface area contributed by atoms with Gasteiger partial charge in [-0.25, -0.2) is 0 Å². The molecular formula is C10H20N2O3S. The molecule has 5 nitrogen and oxygen atoms in total. The molecule has 0 aliphatic rings. The van der Waals surface area contributed by atoms with Crippen molar-refractivity contribution in [2.24, 2.45) is 5.73 Å². The molecule has 0 radical (unpaired) electrons. The third-order valence-corrected chi connectivity index (χ3v) is 3.20. The van der Waals surface area contributed by atoms with Crippen molar-refractivity contribution < 1.29 is 14.7 Å². The highest BCUT2D eigenvalue weighted by atomic mass is 32.2. The molecule has 0 aliphatic carbocycles. The highest BCUT2D eigenvalue weighted by Crippen LogP contribution is 2.12. The fraction of sp³-hybridized carbons (Fsp3) is 0.800. The van der Waals surface area contributed by atoms with Gasteiger partial charge in [0.15, 0.2) is 0 Å². The summed E-state index contributed by atoms with van der Waals surface area (Å²) >= 11 is 1.57. The molecule has 0 aromatic heterocycles. The van der Waals surface area contributed by atoms with Crippen LogP contribution in [0.3, 0.4) is 0 Å². The first-order valence-electron chi connectivity index (χ1n) is 5.36. The van der Waals surface area contributed by atoms with E-state index in [-0.39, 0.29) is 12.3 Å². The Labute approximate surface area is 100 Å². The lowest BCUT2D eigenvalue weighted by molar-refractivity contribution is -0.137. The molecule has 0 aliphatic heterocycles. The second-order valence-electron chi connectivity index (χ2n) is 3.55. The highest BCUT2D eigenvalue weighted by Gasteiger charge is 2.06. The van der Waals surface area contributed by atoms with Gasteiger partial charge in [-0.05, 0) is 19.4 Å². The molecule has 16 heavy (non-hydrogen) atoms. The lowest BCUT2D eigenvalue weighted by Gasteiger charge is -2.09. The van der Waals surface area contributed by atoms with Crippen molar-refractivity contribution in [1.29, 1.82) is 0 Å². The van der Waals surface area contributed by atoms with Crippen LogP contribution in [0.5, 0.6) is 0 Å². The molecular weight excluding hydrogens is 228 g/mol. The van der Waals surface area contributed by atoms with Crippen LogP contribution in [-0.2, 0) is 9.59 Å². The summed E-state index contributed by atoms with van der Waals surface area (Å²) < 4.78 is 0. The van der Waals surface area contributed by atoms with Gasteiger partial charge >= 0.3 is 5.97 Å². The smallest absolute Gasteiger partial charge is 0.303 e. The first-order valence-corrected chi connectivity index (χ1v) is 6.41. The Bertz CT molecular complexity index is 224. The number of amides is 1. The summed E-state index contributed by atoms with van der Waals surface area (Å²) in [7, 11) is 0. The predicted molar refractivity (Wildman–Crippen MR) is 65.5 cm³/mol. The number of nitrogens with one attached hydrogen (secondary N) is 1. The highest BCUT2D eigenvalue weighted by molar-refractivity contribution is 8.00. The van der Waals surface area contributed by atoms with E-state index in [1.165, 1.54) is 0 Å². The normalized spacial score (nSPS) is 12.1. The van der Waals surface area contributed by atoms with Crippen LogP contribution in [0.1, 0.15) is 26.2 Å². The van der Waals surface area contributed by atoms with E-state index in [1.54, 1.807) is 11.8 Å². The lowest BCUT2D eigenvalue weighted by atomic mass is 10.3. The number of thioether (sulfide) groups is 1. The molecule has 1 atom stereocenters. The summed E-state index contributed by atoms with van der Waals surface area (Å²) in [4.78, 5) is 21.5. The maximum absolute atomic E-state index is 11.3. The van der Waals surface area contributed by atoms with Crippen LogP contribution in [0.2, 0.25) is 0 Å². The SMILES string of the molecule is CC(CCN)SCC(=O)NCCCC(=O)O. The van der Waals surface area contributed by atoms with Crippen molar-refractivity contribution >= 4 is 23.6 Å². The van der Waals surface area contributed by atoms with Crippen molar-refractivity contribution in [3.63, 3.8) is 0 Å². The number of carboxylic acid groups (broad SMARTS) is 1. The Morgan fingerprint density at radius 3 is 2.75 bits per heavy atom. The molecule has 94 valence electrons. The minimum atomic E-state index is -0.833. The number of carbonyl (C=O) groups is 2. The first-order chi connectivity index (χ1) is 7.56. The standard InChI is InChI=1S/C10H20N2O3S/c1-8(4-5-11)16-7-9(13)12-6-2-3-10(14)15/h8H,2-7,11H2,1H3,(H,12,13)(H,14,15). The molecule has 0 saturated carbocycles. The molecule has 0 fully saturated rings. The second kappa shape index (κ2) is 9.47. The van der Waals surface area contributed by atoms with Crippen LogP contribution in [0.15, 0.2) is 0 Å². The van der Waals surface area contributed by atoms with Gasteiger partial charge in [0.1, 0.15) is 0 Å². The molecule has 1 unspecified atom stereocenters. The number of carbonyl (C=O) groups excluding carboxylic acids is 1. The average molecular weight is 248 g/mol. The number of carboxylic acids is 1. The van der Waals surface area contributed by atoms with Gasteiger partial charge in [-0.1, -0.05) is 6.92 Å². The fourth-order valence-electron chi connectivity index (χ4n) is 1.05. The largest absolute Gasteiger partial charge is 0.481 e. The van der Waals surface area contributed by atoms with Gasteiger partial charge in [-0.15, -0.1) is 11.8 Å². The van der Waals surface area contributed by atoms with Crippen molar-refractivity contribution in [3.05, 3.63) is 0 Å². The number of rotatable bonds is 9. The van der Waals surface area contributed by atoms with Gasteiger partial charge in [0, 0.05) is 18.2 Å². The molecule has 0 rings (SSSR count). The number of hydrogen-bond donors (Lipinski definition) is 3. The topological polar surface area (TPSA) is 92.4 Å². The summed E-state index contributed by atoms with van der Waals surface area (Å²) in [6, 6.07) is 0. The Morgan fingerprint density at radius 2 is 2.19 bits per heavy atom. The zero-order chi connectivity index (χ0) is 12.4. The van der Waals surface area contributed by atoms with Crippen LogP contribution in [0.25, 0.3) is 0 Å². The zero-order valence-electron chi connectivity index (χ0n) is 9.57. The molecule has 0 aromatic carbocycles. The van der Waals surface area contributed by atoms with Gasteiger partial charge < -0.3 is 16.2 Å². The molecule has 6 heteroatoms. The van der Waals surface area contributed by atoms with Gasteiger partial charge in [0.2, 0.25) is 5.91 Å². The summed E-state index contributed by atoms with van der Waals surface area (Å²) in [6.07, 6.45) is 1.47. The maximum Gasteiger partial charge on any atom is 0.303 e. The van der Waals surface area contributed by atoms with Crippen LogP contribution in [0.4, 0.5) is 0 Å². The Kier molecular flexibility index (Phi) is 9.03. The van der Waals surface area contributed by atoms with Crippen LogP contribution in [0, 0.1) is 0 Å². The Morgan fingerprint density at radius 1 is 1.50 bits per heavy atom.